The first-order valence-electron chi connectivity index (χ1n) is 7.77. The number of carbonyl (C=O) groups excluding carboxylic acids is 1. The summed E-state index contributed by atoms with van der Waals surface area (Å²) in [7, 11) is 1.97. The molecule has 1 rings (SSSR count). The Balaban J connectivity index is 2.61. The molecule has 0 saturated carbocycles. The van der Waals surface area contributed by atoms with E-state index in [1.165, 1.54) is 5.56 Å². The second kappa shape index (κ2) is 8.80. The molecule has 4 heteroatoms. The zero-order valence-electron chi connectivity index (χ0n) is 13.7. The van der Waals surface area contributed by atoms with E-state index in [9.17, 15) is 4.79 Å². The van der Waals surface area contributed by atoms with E-state index in [1.807, 2.05) is 32.2 Å². The van der Waals surface area contributed by atoms with Gasteiger partial charge >= 0.3 is 0 Å². The molecular weight excluding hydrogens is 262 g/mol. The molecule has 0 aliphatic carbocycles. The van der Waals surface area contributed by atoms with Crippen molar-refractivity contribution in [2.75, 3.05) is 7.05 Å². The highest BCUT2D eigenvalue weighted by molar-refractivity contribution is 5.81. The second-order valence-corrected chi connectivity index (χ2v) is 5.76. The van der Waals surface area contributed by atoms with Gasteiger partial charge in [0, 0.05) is 19.1 Å². The van der Waals surface area contributed by atoms with Gasteiger partial charge in [-0.1, -0.05) is 37.6 Å². The second-order valence-electron chi connectivity index (χ2n) is 5.76. The van der Waals surface area contributed by atoms with Crippen molar-refractivity contribution in [2.24, 2.45) is 5.73 Å². The SMILES string of the molecule is CCCC(C)NC(=O)C(C)N(C)Cc1ccccc1CN. The maximum absolute atomic E-state index is 12.2. The molecule has 118 valence electrons. The molecular formula is C17H29N3O. The fraction of sp³-hybridized carbons (Fsp3) is 0.588. The van der Waals surface area contributed by atoms with Crippen LogP contribution >= 0.6 is 0 Å². The minimum Gasteiger partial charge on any atom is -0.352 e. The topological polar surface area (TPSA) is 58.4 Å². The molecule has 1 aromatic carbocycles. The standard InChI is InChI=1S/C17H29N3O/c1-5-8-13(2)19-17(21)14(3)20(4)12-16-10-7-6-9-15(16)11-18/h6-7,9-10,13-14H,5,8,11-12,18H2,1-4H3,(H,19,21). The Hall–Kier alpha value is -1.39. The number of nitrogens with one attached hydrogen (secondary N) is 1. The summed E-state index contributed by atoms with van der Waals surface area (Å²) in [5.41, 5.74) is 8.08. The van der Waals surface area contributed by atoms with E-state index >= 15 is 0 Å². The summed E-state index contributed by atoms with van der Waals surface area (Å²) in [5, 5.41) is 3.07. The molecule has 0 heterocycles. The monoisotopic (exact) mass is 291 g/mol. The van der Waals surface area contributed by atoms with Crippen molar-refractivity contribution in [1.29, 1.82) is 0 Å². The van der Waals surface area contributed by atoms with E-state index in [0.717, 1.165) is 24.9 Å². The highest BCUT2D eigenvalue weighted by Crippen LogP contribution is 2.12. The van der Waals surface area contributed by atoms with Crippen molar-refractivity contribution in [1.82, 2.24) is 10.2 Å². The lowest BCUT2D eigenvalue weighted by atomic mass is 10.1. The molecule has 2 unspecified atom stereocenters. The first-order chi connectivity index (χ1) is 9.99. The van der Waals surface area contributed by atoms with Crippen LogP contribution in [0.4, 0.5) is 0 Å². The molecule has 0 bridgehead atoms. The van der Waals surface area contributed by atoms with Crippen LogP contribution in [0.2, 0.25) is 0 Å². The van der Waals surface area contributed by atoms with Gasteiger partial charge in [-0.15, -0.1) is 0 Å². The van der Waals surface area contributed by atoms with Gasteiger partial charge in [0.1, 0.15) is 0 Å². The van der Waals surface area contributed by atoms with Crippen LogP contribution < -0.4 is 11.1 Å². The van der Waals surface area contributed by atoms with Crippen LogP contribution in [0, 0.1) is 0 Å². The molecule has 21 heavy (non-hydrogen) atoms. The maximum Gasteiger partial charge on any atom is 0.237 e. The van der Waals surface area contributed by atoms with Crippen LogP contribution in [0.3, 0.4) is 0 Å². The third-order valence-corrected chi connectivity index (χ3v) is 3.91. The highest BCUT2D eigenvalue weighted by atomic mass is 16.2. The zero-order chi connectivity index (χ0) is 15.8. The number of amides is 1. The minimum atomic E-state index is -0.157. The maximum atomic E-state index is 12.2. The van der Waals surface area contributed by atoms with Crippen molar-refractivity contribution in [2.45, 2.75) is 58.8 Å². The Morgan fingerprint density at radius 1 is 1.29 bits per heavy atom. The van der Waals surface area contributed by atoms with Crippen LogP contribution in [0.15, 0.2) is 24.3 Å². The molecule has 0 spiro atoms. The predicted octanol–water partition coefficient (Wildman–Crippen LogP) is 2.27. The normalized spacial score (nSPS) is 14.0. The van der Waals surface area contributed by atoms with Gasteiger partial charge in [-0.3, -0.25) is 9.69 Å². The van der Waals surface area contributed by atoms with Crippen LogP contribution in [-0.4, -0.2) is 29.9 Å². The average molecular weight is 291 g/mol. The number of nitrogens with zero attached hydrogens (tertiary/aromatic N) is 1. The summed E-state index contributed by atoms with van der Waals surface area (Å²) >= 11 is 0. The quantitative estimate of drug-likeness (QED) is 0.772. The molecule has 1 amide bonds. The fourth-order valence-electron chi connectivity index (χ4n) is 2.39. The number of hydrogen-bond acceptors (Lipinski definition) is 3. The molecule has 0 saturated heterocycles. The average Bonchev–Trinajstić information content (AvgIpc) is 2.47. The smallest absolute Gasteiger partial charge is 0.237 e. The summed E-state index contributed by atoms with van der Waals surface area (Å²) < 4.78 is 0. The molecule has 2 atom stereocenters. The van der Waals surface area contributed by atoms with E-state index in [4.69, 9.17) is 5.73 Å². The summed E-state index contributed by atoms with van der Waals surface area (Å²) in [6.07, 6.45) is 2.09. The number of nitrogens with two attached hydrogens (primary N) is 1. The van der Waals surface area contributed by atoms with E-state index in [-0.39, 0.29) is 18.0 Å². The molecule has 0 aliphatic heterocycles. The van der Waals surface area contributed by atoms with Gasteiger partial charge in [0.2, 0.25) is 5.91 Å². The largest absolute Gasteiger partial charge is 0.352 e. The number of benzene rings is 1. The first kappa shape index (κ1) is 17.7. The van der Waals surface area contributed by atoms with Crippen molar-refractivity contribution in [3.8, 4) is 0 Å². The van der Waals surface area contributed by atoms with Crippen LogP contribution in [-0.2, 0) is 17.9 Å². The molecule has 1 aromatic rings. The Bertz CT molecular complexity index is 447. The first-order valence-corrected chi connectivity index (χ1v) is 7.77. The van der Waals surface area contributed by atoms with Gasteiger partial charge in [0.15, 0.2) is 0 Å². The highest BCUT2D eigenvalue weighted by Gasteiger charge is 2.19. The summed E-state index contributed by atoms with van der Waals surface area (Å²) in [4.78, 5) is 14.3. The summed E-state index contributed by atoms with van der Waals surface area (Å²) in [6, 6.07) is 8.19. The zero-order valence-corrected chi connectivity index (χ0v) is 13.7. The number of carbonyl (C=O) groups is 1. The molecule has 4 nitrogen and oxygen atoms in total. The van der Waals surface area contributed by atoms with Gasteiger partial charge in [-0.2, -0.15) is 0 Å². The Kier molecular flexibility index (Phi) is 7.40. The van der Waals surface area contributed by atoms with Gasteiger partial charge in [0.25, 0.3) is 0 Å². The van der Waals surface area contributed by atoms with E-state index in [0.29, 0.717) is 6.54 Å². The molecule has 0 aliphatic rings. The van der Waals surface area contributed by atoms with E-state index < -0.39 is 0 Å². The van der Waals surface area contributed by atoms with Crippen LogP contribution in [0.25, 0.3) is 0 Å². The van der Waals surface area contributed by atoms with Crippen molar-refractivity contribution in [3.05, 3.63) is 35.4 Å². The molecule has 0 fully saturated rings. The van der Waals surface area contributed by atoms with Crippen molar-refractivity contribution >= 4 is 5.91 Å². The third kappa shape index (κ3) is 5.48. The molecule has 0 aromatic heterocycles. The number of rotatable bonds is 8. The Labute approximate surface area is 128 Å². The Morgan fingerprint density at radius 3 is 2.48 bits per heavy atom. The predicted molar refractivity (Wildman–Crippen MR) is 87.8 cm³/mol. The van der Waals surface area contributed by atoms with E-state index in [1.54, 1.807) is 0 Å². The lowest BCUT2D eigenvalue weighted by molar-refractivity contribution is -0.126. The van der Waals surface area contributed by atoms with Crippen molar-refractivity contribution in [3.63, 3.8) is 0 Å². The van der Waals surface area contributed by atoms with Crippen LogP contribution in [0.1, 0.15) is 44.7 Å². The van der Waals surface area contributed by atoms with Gasteiger partial charge in [-0.25, -0.2) is 0 Å². The Morgan fingerprint density at radius 2 is 1.90 bits per heavy atom. The lowest BCUT2D eigenvalue weighted by Gasteiger charge is -2.26. The number of likely N-dealkylation sites (N-methyl/N-ethyl adjacent to an activating group) is 1. The van der Waals surface area contributed by atoms with Gasteiger partial charge in [0.05, 0.1) is 6.04 Å². The van der Waals surface area contributed by atoms with Gasteiger partial charge in [-0.05, 0) is 38.4 Å². The fourth-order valence-corrected chi connectivity index (χ4v) is 2.39. The molecule has 3 N–H and O–H groups in total. The summed E-state index contributed by atoms with van der Waals surface area (Å²) in [5.74, 6) is 0.0867. The van der Waals surface area contributed by atoms with Gasteiger partial charge < -0.3 is 11.1 Å². The third-order valence-electron chi connectivity index (χ3n) is 3.91. The molecule has 0 radical (unpaired) electrons. The lowest BCUT2D eigenvalue weighted by Crippen LogP contribution is -2.46. The van der Waals surface area contributed by atoms with E-state index in [2.05, 4.69) is 30.1 Å². The summed E-state index contributed by atoms with van der Waals surface area (Å²) in [6.45, 7) is 7.38. The number of hydrogen-bond donors (Lipinski definition) is 2. The van der Waals surface area contributed by atoms with Crippen molar-refractivity contribution < 1.29 is 4.79 Å². The minimum absolute atomic E-state index is 0.0867. The van der Waals surface area contributed by atoms with Crippen LogP contribution in [0.5, 0.6) is 0 Å².